The lowest BCUT2D eigenvalue weighted by molar-refractivity contribution is -0.137. The van der Waals surface area contributed by atoms with Crippen molar-refractivity contribution >= 4 is 5.97 Å². The summed E-state index contributed by atoms with van der Waals surface area (Å²) in [5, 5.41) is 8.74. The van der Waals surface area contributed by atoms with Crippen molar-refractivity contribution in [3.8, 4) is 0 Å². The van der Waals surface area contributed by atoms with Gasteiger partial charge in [0.2, 0.25) is 0 Å². The number of aliphatic carboxylic acids is 1. The molecule has 3 heteroatoms. The van der Waals surface area contributed by atoms with Crippen LogP contribution in [0.1, 0.15) is 56.2 Å². The summed E-state index contributed by atoms with van der Waals surface area (Å²) in [7, 11) is 0. The van der Waals surface area contributed by atoms with E-state index in [2.05, 4.69) is 19.9 Å². The molecule has 1 aromatic rings. The normalized spacial score (nSPS) is 12.7. The molecule has 0 saturated heterocycles. The van der Waals surface area contributed by atoms with Crippen LogP contribution < -0.4 is 5.73 Å². The summed E-state index contributed by atoms with van der Waals surface area (Å²) >= 11 is 0. The van der Waals surface area contributed by atoms with Crippen molar-refractivity contribution in [3.05, 3.63) is 35.4 Å². The Morgan fingerprint density at radius 1 is 1.29 bits per heavy atom. The van der Waals surface area contributed by atoms with Crippen LogP contribution in [0.5, 0.6) is 0 Å². The average molecular weight is 235 g/mol. The molecule has 0 aliphatic rings. The minimum absolute atomic E-state index is 0.0215. The highest BCUT2D eigenvalue weighted by atomic mass is 16.4. The van der Waals surface area contributed by atoms with Crippen molar-refractivity contribution in [1.82, 2.24) is 0 Å². The summed E-state index contributed by atoms with van der Waals surface area (Å²) < 4.78 is 0. The molecule has 94 valence electrons. The molecule has 0 bridgehead atoms. The van der Waals surface area contributed by atoms with E-state index >= 15 is 0 Å². The van der Waals surface area contributed by atoms with E-state index in [0.717, 1.165) is 18.4 Å². The van der Waals surface area contributed by atoms with E-state index in [9.17, 15) is 4.79 Å². The lowest BCUT2D eigenvalue weighted by Gasteiger charge is -2.16. The summed E-state index contributed by atoms with van der Waals surface area (Å²) in [5.41, 5.74) is 8.04. The second-order valence-corrected chi connectivity index (χ2v) is 4.39. The molecule has 1 aromatic carbocycles. The van der Waals surface area contributed by atoms with Crippen LogP contribution in [0.15, 0.2) is 24.3 Å². The molecule has 0 fully saturated rings. The van der Waals surface area contributed by atoms with Crippen LogP contribution in [0, 0.1) is 0 Å². The quantitative estimate of drug-likeness (QED) is 0.796. The first-order valence-electron chi connectivity index (χ1n) is 6.15. The number of carbonyl (C=O) groups is 1. The number of rotatable bonds is 6. The molecule has 0 amide bonds. The zero-order valence-electron chi connectivity index (χ0n) is 10.5. The number of nitrogens with two attached hydrogens (primary N) is 1. The van der Waals surface area contributed by atoms with Crippen LogP contribution in [0.4, 0.5) is 0 Å². The van der Waals surface area contributed by atoms with E-state index in [1.165, 1.54) is 5.56 Å². The first kappa shape index (κ1) is 13.7. The molecule has 1 rings (SSSR count). The molecular formula is C14H21NO2. The molecule has 1 atom stereocenters. The van der Waals surface area contributed by atoms with Crippen LogP contribution in [0.2, 0.25) is 0 Å². The molecule has 0 aromatic heterocycles. The Morgan fingerprint density at radius 2 is 1.88 bits per heavy atom. The minimum Gasteiger partial charge on any atom is -0.481 e. The number of hydrogen-bond donors (Lipinski definition) is 2. The molecule has 0 radical (unpaired) electrons. The number of hydrogen-bond acceptors (Lipinski definition) is 2. The predicted molar refractivity (Wildman–Crippen MR) is 68.9 cm³/mol. The highest BCUT2D eigenvalue weighted by Gasteiger charge is 2.13. The third-order valence-electron chi connectivity index (χ3n) is 3.19. The Labute approximate surface area is 103 Å². The second-order valence-electron chi connectivity index (χ2n) is 4.39. The SMILES string of the molecule is CCC(CC)c1cccc(C(N)CC(=O)O)c1. The zero-order valence-corrected chi connectivity index (χ0v) is 10.5. The predicted octanol–water partition coefficient (Wildman–Crippen LogP) is 3.06. The van der Waals surface area contributed by atoms with Crippen molar-refractivity contribution in [1.29, 1.82) is 0 Å². The van der Waals surface area contributed by atoms with E-state index in [4.69, 9.17) is 10.8 Å². The summed E-state index contributed by atoms with van der Waals surface area (Å²) in [6.45, 7) is 4.33. The van der Waals surface area contributed by atoms with Gasteiger partial charge in [0.05, 0.1) is 6.42 Å². The molecule has 0 spiro atoms. The lowest BCUT2D eigenvalue weighted by Crippen LogP contribution is -2.15. The van der Waals surface area contributed by atoms with Crippen LogP contribution in [0.25, 0.3) is 0 Å². The van der Waals surface area contributed by atoms with Crippen molar-refractivity contribution in [2.24, 2.45) is 5.73 Å². The second kappa shape index (κ2) is 6.40. The average Bonchev–Trinajstić information content (AvgIpc) is 2.30. The third kappa shape index (κ3) is 3.86. The maximum atomic E-state index is 10.6. The first-order chi connectivity index (χ1) is 8.08. The molecule has 3 N–H and O–H groups in total. The Bertz CT molecular complexity index is 372. The standard InChI is InChI=1S/C14H21NO2/c1-3-10(4-2)11-6-5-7-12(8-11)13(15)9-14(16)17/h5-8,10,13H,3-4,9,15H2,1-2H3,(H,16,17). The van der Waals surface area contributed by atoms with Gasteiger partial charge in [-0.2, -0.15) is 0 Å². The van der Waals surface area contributed by atoms with Gasteiger partial charge in [-0.1, -0.05) is 38.1 Å². The van der Waals surface area contributed by atoms with Crippen LogP contribution in [0.3, 0.4) is 0 Å². The summed E-state index contributed by atoms with van der Waals surface area (Å²) in [4.78, 5) is 10.6. The lowest BCUT2D eigenvalue weighted by atomic mass is 9.91. The summed E-state index contributed by atoms with van der Waals surface area (Å²) in [6, 6.07) is 7.59. The highest BCUT2D eigenvalue weighted by molar-refractivity contribution is 5.67. The number of carboxylic acid groups (broad SMARTS) is 1. The largest absolute Gasteiger partial charge is 0.481 e. The fraction of sp³-hybridized carbons (Fsp3) is 0.500. The van der Waals surface area contributed by atoms with Gasteiger partial charge >= 0.3 is 5.97 Å². The van der Waals surface area contributed by atoms with Crippen molar-refractivity contribution in [2.75, 3.05) is 0 Å². The Kier molecular flexibility index (Phi) is 5.16. The van der Waals surface area contributed by atoms with Gasteiger partial charge in [0.25, 0.3) is 0 Å². The fourth-order valence-electron chi connectivity index (χ4n) is 2.11. The maximum absolute atomic E-state index is 10.6. The smallest absolute Gasteiger partial charge is 0.305 e. The molecule has 0 aliphatic heterocycles. The minimum atomic E-state index is -0.856. The van der Waals surface area contributed by atoms with Gasteiger partial charge in [-0.15, -0.1) is 0 Å². The Morgan fingerprint density at radius 3 is 2.41 bits per heavy atom. The topological polar surface area (TPSA) is 63.3 Å². The molecule has 0 heterocycles. The maximum Gasteiger partial charge on any atom is 0.305 e. The van der Waals surface area contributed by atoms with Crippen molar-refractivity contribution < 1.29 is 9.90 Å². The molecule has 0 aliphatic carbocycles. The number of benzene rings is 1. The zero-order chi connectivity index (χ0) is 12.8. The summed E-state index contributed by atoms with van der Waals surface area (Å²) in [5.74, 6) is -0.322. The Balaban J connectivity index is 2.88. The third-order valence-corrected chi connectivity index (χ3v) is 3.19. The van der Waals surface area contributed by atoms with E-state index in [-0.39, 0.29) is 6.42 Å². The first-order valence-corrected chi connectivity index (χ1v) is 6.15. The monoisotopic (exact) mass is 235 g/mol. The van der Waals surface area contributed by atoms with E-state index < -0.39 is 12.0 Å². The van der Waals surface area contributed by atoms with Crippen LogP contribution in [-0.4, -0.2) is 11.1 Å². The van der Waals surface area contributed by atoms with Gasteiger partial charge in [-0.25, -0.2) is 0 Å². The van der Waals surface area contributed by atoms with Gasteiger partial charge < -0.3 is 10.8 Å². The van der Waals surface area contributed by atoms with Gasteiger partial charge in [-0.05, 0) is 29.9 Å². The van der Waals surface area contributed by atoms with Gasteiger partial charge in [0.1, 0.15) is 0 Å². The van der Waals surface area contributed by atoms with E-state index in [0.29, 0.717) is 5.92 Å². The van der Waals surface area contributed by atoms with Crippen LogP contribution >= 0.6 is 0 Å². The number of carboxylic acids is 1. The Hall–Kier alpha value is -1.35. The molecule has 17 heavy (non-hydrogen) atoms. The van der Waals surface area contributed by atoms with E-state index in [1.54, 1.807) is 0 Å². The van der Waals surface area contributed by atoms with Crippen molar-refractivity contribution in [2.45, 2.75) is 45.1 Å². The van der Waals surface area contributed by atoms with Gasteiger partial charge in [0.15, 0.2) is 0 Å². The van der Waals surface area contributed by atoms with Crippen molar-refractivity contribution in [3.63, 3.8) is 0 Å². The molecular weight excluding hydrogens is 214 g/mol. The fourth-order valence-corrected chi connectivity index (χ4v) is 2.11. The molecule has 0 saturated carbocycles. The van der Waals surface area contributed by atoms with Gasteiger partial charge in [0, 0.05) is 6.04 Å². The molecule has 3 nitrogen and oxygen atoms in total. The highest BCUT2D eigenvalue weighted by Crippen LogP contribution is 2.25. The van der Waals surface area contributed by atoms with E-state index in [1.807, 2.05) is 18.2 Å². The molecule has 1 unspecified atom stereocenters. The van der Waals surface area contributed by atoms with Gasteiger partial charge in [-0.3, -0.25) is 4.79 Å². The summed E-state index contributed by atoms with van der Waals surface area (Å²) in [6.07, 6.45) is 2.16. The van der Waals surface area contributed by atoms with Crippen LogP contribution in [-0.2, 0) is 4.79 Å².